The lowest BCUT2D eigenvalue weighted by Crippen LogP contribution is -2.45. The van der Waals surface area contributed by atoms with Crippen LogP contribution >= 0.6 is 34.8 Å². The summed E-state index contributed by atoms with van der Waals surface area (Å²) in [6.07, 6.45) is -0.188. The molecule has 1 saturated heterocycles. The van der Waals surface area contributed by atoms with Crippen molar-refractivity contribution in [2.75, 3.05) is 6.61 Å². The second kappa shape index (κ2) is 6.42. The van der Waals surface area contributed by atoms with Crippen LogP contribution in [0.15, 0.2) is 30.3 Å². The lowest BCUT2D eigenvalue weighted by Gasteiger charge is -2.26. The van der Waals surface area contributed by atoms with Crippen LogP contribution in [0.25, 0.3) is 0 Å². The topological polar surface area (TPSA) is 46.6 Å². The monoisotopic (exact) mass is 349 g/mol. The number of nitrogens with zero attached hydrogens (tertiary/aromatic N) is 1. The average molecular weight is 351 g/mol. The highest BCUT2D eigenvalue weighted by Gasteiger charge is 2.45. The first kappa shape index (κ1) is 16.4. The molecule has 1 aliphatic rings. The Morgan fingerprint density at radius 1 is 1.38 bits per heavy atom. The van der Waals surface area contributed by atoms with Gasteiger partial charge in [0.05, 0.1) is 12.0 Å². The molecule has 0 spiro atoms. The molecule has 0 saturated carbocycles. The van der Waals surface area contributed by atoms with Crippen molar-refractivity contribution in [2.45, 2.75) is 23.2 Å². The molecule has 2 rings (SSSR count). The number of benzene rings is 1. The maximum atomic E-state index is 12.4. The van der Waals surface area contributed by atoms with Crippen LogP contribution < -0.4 is 0 Å². The number of imide groups is 1. The molecule has 21 heavy (non-hydrogen) atoms. The summed E-state index contributed by atoms with van der Waals surface area (Å²) < 4.78 is 3.20. The first-order valence-electron chi connectivity index (χ1n) is 6.41. The number of amides is 2. The Hall–Kier alpha value is -0.970. The van der Waals surface area contributed by atoms with E-state index in [1.807, 2.05) is 30.3 Å². The van der Waals surface area contributed by atoms with Crippen LogP contribution in [0.2, 0.25) is 0 Å². The molecule has 1 aliphatic heterocycles. The van der Waals surface area contributed by atoms with Gasteiger partial charge in [0, 0.05) is 0 Å². The highest BCUT2D eigenvalue weighted by Crippen LogP contribution is 2.36. The molecule has 0 radical (unpaired) electrons. The summed E-state index contributed by atoms with van der Waals surface area (Å²) in [4.78, 5) is 25.2. The minimum absolute atomic E-state index is 0.145. The van der Waals surface area contributed by atoms with Crippen molar-refractivity contribution in [2.24, 2.45) is 5.92 Å². The summed E-state index contributed by atoms with van der Waals surface area (Å²) in [5, 5.41) is 0. The predicted octanol–water partition coefficient (Wildman–Crippen LogP) is 3.58. The number of carbonyl (C=O) groups is 2. The minimum atomic E-state index is -1.77. The molecule has 4 nitrogen and oxygen atoms in total. The third-order valence-electron chi connectivity index (χ3n) is 3.37. The van der Waals surface area contributed by atoms with Gasteiger partial charge in [-0.2, -0.15) is 0 Å². The summed E-state index contributed by atoms with van der Waals surface area (Å²) in [5.41, 5.74) is 1.00. The van der Waals surface area contributed by atoms with Crippen molar-refractivity contribution in [3.05, 3.63) is 35.9 Å². The molecule has 0 aromatic heterocycles. The molecule has 114 valence electrons. The SMILES string of the molecule is C[C@@H](C(=O)N1C(=O)OC[C@@H]1Cc1ccccc1)C(Cl)(Cl)Cl. The van der Waals surface area contributed by atoms with Crippen molar-refractivity contribution < 1.29 is 14.3 Å². The molecule has 1 aromatic rings. The smallest absolute Gasteiger partial charge is 0.416 e. The van der Waals surface area contributed by atoms with Crippen LogP contribution in [0.1, 0.15) is 12.5 Å². The van der Waals surface area contributed by atoms with E-state index in [1.54, 1.807) is 0 Å². The van der Waals surface area contributed by atoms with Crippen LogP contribution in [-0.4, -0.2) is 33.3 Å². The number of hydrogen-bond acceptors (Lipinski definition) is 3. The fourth-order valence-corrected chi connectivity index (χ4v) is 2.40. The molecule has 2 atom stereocenters. The van der Waals surface area contributed by atoms with Gasteiger partial charge in [0.25, 0.3) is 0 Å². The van der Waals surface area contributed by atoms with Gasteiger partial charge in [-0.3, -0.25) is 4.79 Å². The van der Waals surface area contributed by atoms with Crippen molar-refractivity contribution >= 4 is 46.8 Å². The zero-order valence-electron chi connectivity index (χ0n) is 11.3. The largest absolute Gasteiger partial charge is 0.447 e. The van der Waals surface area contributed by atoms with Crippen molar-refractivity contribution in [1.29, 1.82) is 0 Å². The Morgan fingerprint density at radius 3 is 2.57 bits per heavy atom. The average Bonchev–Trinajstić information content (AvgIpc) is 2.78. The van der Waals surface area contributed by atoms with Gasteiger partial charge >= 0.3 is 6.09 Å². The maximum Gasteiger partial charge on any atom is 0.416 e. The molecule has 0 N–H and O–H groups in total. The second-order valence-corrected chi connectivity index (χ2v) is 7.26. The number of carbonyl (C=O) groups excluding carboxylic acids is 2. The van der Waals surface area contributed by atoms with Gasteiger partial charge in [-0.15, -0.1) is 0 Å². The van der Waals surface area contributed by atoms with Crippen molar-refractivity contribution in [3.63, 3.8) is 0 Å². The molecule has 0 unspecified atom stereocenters. The number of cyclic esters (lactones) is 1. The summed E-state index contributed by atoms with van der Waals surface area (Å²) in [5.74, 6) is -1.48. The minimum Gasteiger partial charge on any atom is -0.447 e. The van der Waals surface area contributed by atoms with Gasteiger partial charge in [-0.25, -0.2) is 9.69 Å². The second-order valence-electron chi connectivity index (χ2n) is 4.89. The van der Waals surface area contributed by atoms with Gasteiger partial charge in [-0.1, -0.05) is 65.1 Å². The quantitative estimate of drug-likeness (QED) is 0.783. The van der Waals surface area contributed by atoms with Gasteiger partial charge in [0.15, 0.2) is 0 Å². The van der Waals surface area contributed by atoms with E-state index in [4.69, 9.17) is 39.5 Å². The number of rotatable bonds is 3. The zero-order chi connectivity index (χ0) is 15.6. The van der Waals surface area contributed by atoms with E-state index in [9.17, 15) is 9.59 Å². The number of hydrogen-bond donors (Lipinski definition) is 0. The molecule has 1 fully saturated rings. The lowest BCUT2D eigenvalue weighted by atomic mass is 10.0. The number of halogens is 3. The standard InChI is InChI=1S/C14H14Cl3NO3/c1-9(14(15,16)17)12(19)18-11(8-21-13(18)20)7-10-5-3-2-4-6-10/h2-6,9,11H,7-8H2,1H3/t9-,11-/m0/s1. The number of ether oxygens (including phenoxy) is 1. The molecule has 7 heteroatoms. The summed E-state index contributed by atoms with van der Waals surface area (Å²) in [6, 6.07) is 9.13. The molecule has 1 heterocycles. The molecule has 0 bridgehead atoms. The highest BCUT2D eigenvalue weighted by atomic mass is 35.6. The first-order valence-corrected chi connectivity index (χ1v) is 7.54. The van der Waals surface area contributed by atoms with E-state index < -0.39 is 21.7 Å². The lowest BCUT2D eigenvalue weighted by molar-refractivity contribution is -0.132. The van der Waals surface area contributed by atoms with Gasteiger partial charge in [-0.05, 0) is 18.9 Å². The maximum absolute atomic E-state index is 12.4. The predicted molar refractivity (Wildman–Crippen MR) is 81.6 cm³/mol. The first-order chi connectivity index (χ1) is 9.80. The van der Waals surface area contributed by atoms with E-state index in [0.29, 0.717) is 6.42 Å². The van der Waals surface area contributed by atoms with E-state index in [2.05, 4.69) is 0 Å². The molecular formula is C14H14Cl3NO3. The Balaban J connectivity index is 2.15. The van der Waals surface area contributed by atoms with Crippen LogP contribution in [0.3, 0.4) is 0 Å². The summed E-state index contributed by atoms with van der Waals surface area (Å²) in [6.45, 7) is 1.62. The third kappa shape index (κ3) is 3.82. The Kier molecular flexibility index (Phi) is 5.02. The summed E-state index contributed by atoms with van der Waals surface area (Å²) >= 11 is 17.2. The van der Waals surface area contributed by atoms with E-state index in [-0.39, 0.29) is 12.6 Å². The van der Waals surface area contributed by atoms with E-state index >= 15 is 0 Å². The van der Waals surface area contributed by atoms with E-state index in [1.165, 1.54) is 6.92 Å². The Labute approximate surface area is 137 Å². The van der Waals surface area contributed by atoms with Gasteiger partial charge < -0.3 is 4.74 Å². The molecule has 2 amide bonds. The zero-order valence-corrected chi connectivity index (χ0v) is 13.5. The fourth-order valence-electron chi connectivity index (χ4n) is 2.12. The summed E-state index contributed by atoms with van der Waals surface area (Å²) in [7, 11) is 0. The van der Waals surface area contributed by atoms with Crippen LogP contribution in [0.4, 0.5) is 4.79 Å². The fraction of sp³-hybridized carbons (Fsp3) is 0.429. The Morgan fingerprint density at radius 2 is 2.00 bits per heavy atom. The van der Waals surface area contributed by atoms with Gasteiger partial charge in [0.2, 0.25) is 9.70 Å². The molecule has 1 aromatic carbocycles. The molecule has 0 aliphatic carbocycles. The molecular weight excluding hydrogens is 337 g/mol. The number of alkyl halides is 3. The van der Waals surface area contributed by atoms with Crippen LogP contribution in [-0.2, 0) is 16.0 Å². The normalized spacial score (nSPS) is 20.3. The third-order valence-corrected chi connectivity index (χ3v) is 4.36. The van der Waals surface area contributed by atoms with Crippen molar-refractivity contribution in [1.82, 2.24) is 4.90 Å². The van der Waals surface area contributed by atoms with Crippen LogP contribution in [0.5, 0.6) is 0 Å². The van der Waals surface area contributed by atoms with Crippen LogP contribution in [0, 0.1) is 5.92 Å². The Bertz CT molecular complexity index is 530. The highest BCUT2D eigenvalue weighted by molar-refractivity contribution is 6.68. The van der Waals surface area contributed by atoms with Gasteiger partial charge in [0.1, 0.15) is 6.61 Å². The van der Waals surface area contributed by atoms with E-state index in [0.717, 1.165) is 10.5 Å². The van der Waals surface area contributed by atoms with Crippen molar-refractivity contribution in [3.8, 4) is 0 Å².